The first-order valence-electron chi connectivity index (χ1n) is 19.0. The average molecular weight is 760 g/mol. The molecule has 0 aliphatic carbocycles. The van der Waals surface area contributed by atoms with Crippen molar-refractivity contribution in [2.45, 2.75) is 137 Å². The highest BCUT2D eigenvalue weighted by atomic mass is 32.2. The lowest BCUT2D eigenvalue weighted by molar-refractivity contribution is -0.145. The number of hydrogen-bond acceptors (Lipinski definition) is 7. The molecule has 4 N–H and O–H groups in total. The van der Waals surface area contributed by atoms with Crippen molar-refractivity contribution >= 4 is 40.3 Å². The predicted molar refractivity (Wildman–Crippen MR) is 211 cm³/mol. The molecule has 13 heteroatoms. The standard InChI is InChI=1S/C35H53N5O7S.C5H12/c1-9-13-16-27(29(41)32(43)36-18-10-2)38-31(42)28-26(23(5)6)17-19-40(28)33(44)30(35(7,8)12-4)39-34(45)37-24(11-3)21-48(46)22-25-15-14-20-47-25;1-3-5-4-2/h1,10,14-15,20,23-24,26-28,30H,2,11-13,16-19,21-22H2,3-8H3,(H,36,43)(H,38,42)(H2,37,39,45);3-5H2,1-2H3/t24?,26-,27?,28?,30?,48?;/m1./s1. The summed E-state index contributed by atoms with van der Waals surface area (Å²) in [6.45, 7) is 19.7. The number of urea groups is 1. The summed E-state index contributed by atoms with van der Waals surface area (Å²) in [6, 6.07) is -0.656. The van der Waals surface area contributed by atoms with Crippen molar-refractivity contribution in [2.24, 2.45) is 17.3 Å². The Kier molecular flexibility index (Phi) is 21.7. The number of rotatable bonds is 21. The summed E-state index contributed by atoms with van der Waals surface area (Å²) >= 11 is 0. The molecule has 5 amide bonds. The van der Waals surface area contributed by atoms with Crippen molar-refractivity contribution in [3.63, 3.8) is 0 Å². The first-order valence-corrected chi connectivity index (χ1v) is 20.5. The monoisotopic (exact) mass is 759 g/mol. The molecule has 2 heterocycles. The van der Waals surface area contributed by atoms with E-state index in [0.717, 1.165) is 0 Å². The van der Waals surface area contributed by atoms with Crippen LogP contribution in [0.5, 0.6) is 0 Å². The second-order valence-electron chi connectivity index (χ2n) is 14.5. The van der Waals surface area contributed by atoms with E-state index in [2.05, 4.69) is 47.6 Å². The van der Waals surface area contributed by atoms with Crippen LogP contribution in [-0.2, 0) is 35.7 Å². The van der Waals surface area contributed by atoms with Crippen LogP contribution in [0.3, 0.4) is 0 Å². The number of ketones is 1. The fraction of sp³-hybridized carbons (Fsp3) is 0.675. The van der Waals surface area contributed by atoms with Crippen LogP contribution in [0.15, 0.2) is 35.5 Å². The first-order chi connectivity index (χ1) is 25.1. The van der Waals surface area contributed by atoms with Gasteiger partial charge < -0.3 is 30.6 Å². The Morgan fingerprint density at radius 1 is 1.11 bits per heavy atom. The zero-order chi connectivity index (χ0) is 40.1. The summed E-state index contributed by atoms with van der Waals surface area (Å²) in [5.41, 5.74) is -0.705. The molecule has 0 spiro atoms. The van der Waals surface area contributed by atoms with Crippen LogP contribution in [0.2, 0.25) is 0 Å². The Morgan fingerprint density at radius 3 is 2.30 bits per heavy atom. The van der Waals surface area contributed by atoms with Crippen molar-refractivity contribution in [2.75, 3.05) is 18.8 Å². The van der Waals surface area contributed by atoms with Gasteiger partial charge in [-0.25, -0.2) is 4.79 Å². The number of hydrogen-bond donors (Lipinski definition) is 4. The number of likely N-dealkylation sites (tertiary alicyclic amines) is 1. The molecule has 0 bridgehead atoms. The van der Waals surface area contributed by atoms with E-state index >= 15 is 0 Å². The molecule has 53 heavy (non-hydrogen) atoms. The van der Waals surface area contributed by atoms with Crippen LogP contribution < -0.4 is 21.3 Å². The van der Waals surface area contributed by atoms with Gasteiger partial charge in [0.15, 0.2) is 0 Å². The lowest BCUT2D eigenvalue weighted by atomic mass is 9.80. The minimum atomic E-state index is -1.29. The number of terminal acetylenes is 1. The van der Waals surface area contributed by atoms with Gasteiger partial charge in [0.2, 0.25) is 17.6 Å². The Labute approximate surface area is 320 Å². The molecule has 298 valence electrons. The molecular formula is C40H65N5O7S. The van der Waals surface area contributed by atoms with Gasteiger partial charge in [-0.3, -0.25) is 23.4 Å². The predicted octanol–water partition coefficient (Wildman–Crippen LogP) is 5.25. The number of amides is 5. The molecule has 1 aromatic heterocycles. The minimum absolute atomic E-state index is 0.00977. The smallest absolute Gasteiger partial charge is 0.315 e. The lowest BCUT2D eigenvalue weighted by Crippen LogP contribution is -2.62. The quantitative estimate of drug-likeness (QED) is 0.0755. The fourth-order valence-electron chi connectivity index (χ4n) is 6.03. The van der Waals surface area contributed by atoms with Gasteiger partial charge in [-0.05, 0) is 55.1 Å². The third kappa shape index (κ3) is 15.5. The van der Waals surface area contributed by atoms with E-state index in [9.17, 15) is 28.2 Å². The number of unbranched alkanes of at least 4 members (excludes halogenated alkanes) is 2. The highest BCUT2D eigenvalue weighted by Gasteiger charge is 2.48. The number of carbonyl (C=O) groups excluding carboxylic acids is 5. The van der Waals surface area contributed by atoms with Gasteiger partial charge in [-0.15, -0.1) is 18.9 Å². The van der Waals surface area contributed by atoms with Crippen LogP contribution in [0.1, 0.15) is 113 Å². The second-order valence-corrected chi connectivity index (χ2v) is 16.0. The maximum absolute atomic E-state index is 14.4. The second kappa shape index (κ2) is 24.4. The number of furan rings is 1. The van der Waals surface area contributed by atoms with Gasteiger partial charge in [-0.2, -0.15) is 0 Å². The minimum Gasteiger partial charge on any atom is -0.468 e. The molecule has 1 saturated heterocycles. The molecule has 1 aromatic rings. The molecular weight excluding hydrogens is 695 g/mol. The third-order valence-corrected chi connectivity index (χ3v) is 11.1. The normalized spacial score (nSPS) is 17.6. The summed E-state index contributed by atoms with van der Waals surface area (Å²) in [5, 5.41) is 10.9. The van der Waals surface area contributed by atoms with Gasteiger partial charge in [0.25, 0.3) is 5.91 Å². The Bertz CT molecular complexity index is 1390. The van der Waals surface area contributed by atoms with E-state index in [-0.39, 0.29) is 49.3 Å². The molecule has 1 aliphatic rings. The molecule has 5 unspecified atom stereocenters. The van der Waals surface area contributed by atoms with E-state index in [0.29, 0.717) is 25.0 Å². The molecule has 0 saturated carbocycles. The summed E-state index contributed by atoms with van der Waals surface area (Å²) in [6.07, 6.45) is 14.2. The third-order valence-electron chi connectivity index (χ3n) is 9.71. The lowest BCUT2D eigenvalue weighted by Gasteiger charge is -2.38. The van der Waals surface area contributed by atoms with Gasteiger partial charge in [0, 0.05) is 42.1 Å². The van der Waals surface area contributed by atoms with Crippen LogP contribution in [0, 0.1) is 29.6 Å². The average Bonchev–Trinajstić information content (AvgIpc) is 3.81. The van der Waals surface area contributed by atoms with E-state index in [1.165, 1.54) is 36.5 Å². The van der Waals surface area contributed by atoms with Crippen LogP contribution in [-0.4, -0.2) is 81.7 Å². The highest BCUT2D eigenvalue weighted by molar-refractivity contribution is 7.84. The number of nitrogens with one attached hydrogen (secondary N) is 4. The largest absolute Gasteiger partial charge is 0.468 e. The zero-order valence-corrected chi connectivity index (χ0v) is 34.1. The molecule has 1 fully saturated rings. The molecule has 6 atom stereocenters. The summed E-state index contributed by atoms with van der Waals surface area (Å²) in [5.74, 6) is 0.543. The maximum atomic E-state index is 14.4. The maximum Gasteiger partial charge on any atom is 0.315 e. The number of carbonyl (C=O) groups is 5. The van der Waals surface area contributed by atoms with Gasteiger partial charge >= 0.3 is 6.03 Å². The van der Waals surface area contributed by atoms with Crippen LogP contribution in [0.4, 0.5) is 4.79 Å². The number of nitrogens with zero attached hydrogens (tertiary/aromatic N) is 1. The molecule has 12 nitrogen and oxygen atoms in total. The van der Waals surface area contributed by atoms with Crippen molar-refractivity contribution in [3.05, 3.63) is 36.8 Å². The zero-order valence-electron chi connectivity index (χ0n) is 33.3. The van der Waals surface area contributed by atoms with Crippen molar-refractivity contribution in [1.82, 2.24) is 26.2 Å². The topological polar surface area (TPSA) is 167 Å². The summed E-state index contributed by atoms with van der Waals surface area (Å²) in [4.78, 5) is 68.7. The van der Waals surface area contributed by atoms with Crippen molar-refractivity contribution in [3.8, 4) is 12.3 Å². The Morgan fingerprint density at radius 2 is 1.79 bits per heavy atom. The Hall–Kier alpha value is -3.92. The van der Waals surface area contributed by atoms with Crippen molar-refractivity contribution < 1.29 is 32.6 Å². The van der Waals surface area contributed by atoms with Gasteiger partial charge in [0.1, 0.15) is 17.8 Å². The highest BCUT2D eigenvalue weighted by Crippen LogP contribution is 2.34. The molecule has 0 radical (unpaired) electrons. The first kappa shape index (κ1) is 47.1. The van der Waals surface area contributed by atoms with E-state index in [1.807, 2.05) is 41.5 Å². The van der Waals surface area contributed by atoms with Crippen molar-refractivity contribution in [1.29, 1.82) is 0 Å². The van der Waals surface area contributed by atoms with E-state index in [4.69, 9.17) is 10.8 Å². The Balaban J connectivity index is 0.00000262. The fourth-order valence-corrected chi connectivity index (χ4v) is 7.40. The summed E-state index contributed by atoms with van der Waals surface area (Å²) in [7, 11) is -1.29. The summed E-state index contributed by atoms with van der Waals surface area (Å²) < 4.78 is 18.0. The molecule has 1 aliphatic heterocycles. The van der Waals surface area contributed by atoms with Gasteiger partial charge in [-0.1, -0.05) is 80.7 Å². The van der Waals surface area contributed by atoms with Crippen LogP contribution >= 0.6 is 0 Å². The van der Waals surface area contributed by atoms with Crippen LogP contribution in [0.25, 0.3) is 0 Å². The van der Waals surface area contributed by atoms with Gasteiger partial charge in [0.05, 0.1) is 18.1 Å². The molecule has 2 rings (SSSR count). The van der Waals surface area contributed by atoms with E-state index in [1.54, 1.807) is 12.1 Å². The SMILES string of the molecule is C#CCCC(NC(=O)C1[C@@H](C(C)C)CCN1C(=O)C(NC(=O)NC(CC)CS(=O)Cc1ccco1)C(C)(C)CC)C(=O)C(=O)NCC=C.CCCCC. The van der Waals surface area contributed by atoms with E-state index < -0.39 is 69.9 Å². The number of Topliss-reactive ketones (excluding diaryl/α,β-unsaturated/α-hetero) is 1. The molecule has 0 aromatic carbocycles.